The van der Waals surface area contributed by atoms with Gasteiger partial charge in [0.2, 0.25) is 5.91 Å². The Bertz CT molecular complexity index is 215. The van der Waals surface area contributed by atoms with Gasteiger partial charge in [-0.15, -0.1) is 0 Å². The molecule has 1 N–H and O–H groups in total. The maximum absolute atomic E-state index is 12.5. The third-order valence-corrected chi connectivity index (χ3v) is 3.73. The van der Waals surface area contributed by atoms with Gasteiger partial charge in [-0.05, 0) is 32.2 Å². The molecule has 1 amide bonds. The third-order valence-electron chi connectivity index (χ3n) is 3.73. The molecule has 1 aliphatic heterocycles. The summed E-state index contributed by atoms with van der Waals surface area (Å²) in [5.74, 6) is 0.346. The molecule has 1 unspecified atom stereocenters. The molecule has 1 atom stereocenters. The smallest absolute Gasteiger partial charge is 0.239 e. The topological polar surface area (TPSA) is 32.3 Å². The summed E-state index contributed by atoms with van der Waals surface area (Å²) in [6.07, 6.45) is 9.27. The molecule has 0 spiro atoms. The van der Waals surface area contributed by atoms with Crippen molar-refractivity contribution in [2.24, 2.45) is 0 Å². The Labute approximate surface area is 112 Å². The summed E-state index contributed by atoms with van der Waals surface area (Å²) in [6.45, 7) is 7.26. The van der Waals surface area contributed by atoms with Gasteiger partial charge in [0.15, 0.2) is 0 Å². The van der Waals surface area contributed by atoms with Gasteiger partial charge >= 0.3 is 0 Å². The van der Waals surface area contributed by atoms with Crippen LogP contribution < -0.4 is 5.32 Å². The average molecular weight is 254 g/mol. The van der Waals surface area contributed by atoms with Crippen molar-refractivity contribution in [1.29, 1.82) is 0 Å². The second-order valence-electron chi connectivity index (χ2n) is 5.39. The number of rotatable bonds is 7. The number of carbonyl (C=O) groups excluding carboxylic acids is 1. The first kappa shape index (κ1) is 15.5. The van der Waals surface area contributed by atoms with E-state index in [9.17, 15) is 4.79 Å². The molecule has 0 aromatic rings. The lowest BCUT2D eigenvalue weighted by molar-refractivity contribution is -0.133. The van der Waals surface area contributed by atoms with Crippen molar-refractivity contribution in [3.05, 3.63) is 0 Å². The Kier molecular flexibility index (Phi) is 8.06. The van der Waals surface area contributed by atoms with Gasteiger partial charge in [-0.25, -0.2) is 0 Å². The first-order valence-electron chi connectivity index (χ1n) is 7.81. The van der Waals surface area contributed by atoms with Crippen LogP contribution in [0.3, 0.4) is 0 Å². The fourth-order valence-corrected chi connectivity index (χ4v) is 2.49. The van der Waals surface area contributed by atoms with Gasteiger partial charge in [0.05, 0.1) is 6.04 Å². The highest BCUT2D eigenvalue weighted by molar-refractivity contribution is 5.81. The van der Waals surface area contributed by atoms with E-state index in [1.807, 2.05) is 0 Å². The van der Waals surface area contributed by atoms with E-state index in [4.69, 9.17) is 0 Å². The van der Waals surface area contributed by atoms with Gasteiger partial charge in [0.25, 0.3) is 0 Å². The summed E-state index contributed by atoms with van der Waals surface area (Å²) >= 11 is 0. The van der Waals surface area contributed by atoms with Crippen LogP contribution in [0.15, 0.2) is 0 Å². The molecule has 1 fully saturated rings. The largest absolute Gasteiger partial charge is 0.341 e. The summed E-state index contributed by atoms with van der Waals surface area (Å²) in [5, 5.41) is 3.42. The summed E-state index contributed by atoms with van der Waals surface area (Å²) in [7, 11) is 0. The molecule has 0 bridgehead atoms. The lowest BCUT2D eigenvalue weighted by Crippen LogP contribution is -2.46. The molecule has 1 saturated heterocycles. The number of amides is 1. The van der Waals surface area contributed by atoms with Crippen LogP contribution in [-0.2, 0) is 4.79 Å². The fraction of sp³-hybridized carbons (Fsp3) is 0.933. The summed E-state index contributed by atoms with van der Waals surface area (Å²) in [5.41, 5.74) is 0. The second kappa shape index (κ2) is 9.37. The minimum atomic E-state index is 0.0845. The van der Waals surface area contributed by atoms with Crippen molar-refractivity contribution in [3.63, 3.8) is 0 Å². The minimum absolute atomic E-state index is 0.0845. The molecule has 0 radical (unpaired) electrons. The van der Waals surface area contributed by atoms with Gasteiger partial charge < -0.3 is 10.2 Å². The molecule has 0 aromatic heterocycles. The van der Waals surface area contributed by atoms with E-state index in [1.54, 1.807) is 0 Å². The highest BCUT2D eigenvalue weighted by atomic mass is 16.2. The van der Waals surface area contributed by atoms with Crippen LogP contribution in [-0.4, -0.2) is 36.5 Å². The molecule has 106 valence electrons. The summed E-state index contributed by atoms with van der Waals surface area (Å²) in [6, 6.07) is 0.0845. The first-order chi connectivity index (χ1) is 8.79. The van der Waals surface area contributed by atoms with Crippen LogP contribution in [0.1, 0.15) is 65.2 Å². The molecule has 3 heteroatoms. The number of hydrogen-bond acceptors (Lipinski definition) is 2. The number of carbonyl (C=O) groups is 1. The zero-order valence-corrected chi connectivity index (χ0v) is 12.2. The predicted molar refractivity (Wildman–Crippen MR) is 76.7 cm³/mol. The average Bonchev–Trinajstić information content (AvgIpc) is 2.67. The van der Waals surface area contributed by atoms with Crippen molar-refractivity contribution in [2.45, 2.75) is 71.3 Å². The predicted octanol–water partition coefficient (Wildman–Crippen LogP) is 2.95. The van der Waals surface area contributed by atoms with Crippen molar-refractivity contribution in [1.82, 2.24) is 10.2 Å². The Morgan fingerprint density at radius 3 is 2.39 bits per heavy atom. The number of unbranched alkanes of at least 4 members (excludes halogenated alkanes) is 2. The fourth-order valence-electron chi connectivity index (χ4n) is 2.49. The van der Waals surface area contributed by atoms with Crippen molar-refractivity contribution < 1.29 is 4.79 Å². The summed E-state index contributed by atoms with van der Waals surface area (Å²) in [4.78, 5) is 14.6. The van der Waals surface area contributed by atoms with Crippen molar-refractivity contribution in [2.75, 3.05) is 19.6 Å². The zero-order chi connectivity index (χ0) is 13.2. The van der Waals surface area contributed by atoms with Crippen LogP contribution >= 0.6 is 0 Å². The lowest BCUT2D eigenvalue weighted by atomic mass is 10.1. The Balaban J connectivity index is 2.49. The van der Waals surface area contributed by atoms with Gasteiger partial charge in [-0.1, -0.05) is 39.5 Å². The Hall–Kier alpha value is -0.570. The van der Waals surface area contributed by atoms with Gasteiger partial charge in [-0.3, -0.25) is 4.79 Å². The second-order valence-corrected chi connectivity index (χ2v) is 5.39. The van der Waals surface area contributed by atoms with Crippen molar-refractivity contribution in [3.8, 4) is 0 Å². The van der Waals surface area contributed by atoms with Gasteiger partial charge in [0.1, 0.15) is 0 Å². The molecule has 1 heterocycles. The number of hydrogen-bond donors (Lipinski definition) is 1. The van der Waals surface area contributed by atoms with Crippen molar-refractivity contribution >= 4 is 5.91 Å². The van der Waals surface area contributed by atoms with Crippen LogP contribution in [0.2, 0.25) is 0 Å². The molecule has 0 aliphatic carbocycles. The SMILES string of the molecule is CCCCN(CCCC)C(=O)C1CCCCCN1. The minimum Gasteiger partial charge on any atom is -0.341 e. The molecule has 1 rings (SSSR count). The quantitative estimate of drug-likeness (QED) is 0.757. The molecule has 1 aliphatic rings. The van der Waals surface area contributed by atoms with E-state index in [1.165, 1.54) is 19.3 Å². The summed E-state index contributed by atoms with van der Waals surface area (Å²) < 4.78 is 0. The molecular formula is C15H30N2O. The molecule has 3 nitrogen and oxygen atoms in total. The van der Waals surface area contributed by atoms with Crippen LogP contribution in [0.25, 0.3) is 0 Å². The maximum atomic E-state index is 12.5. The first-order valence-corrected chi connectivity index (χ1v) is 7.81. The molecule has 18 heavy (non-hydrogen) atoms. The highest BCUT2D eigenvalue weighted by Crippen LogP contribution is 2.12. The monoisotopic (exact) mass is 254 g/mol. The normalized spacial score (nSPS) is 20.4. The Morgan fingerprint density at radius 2 is 1.78 bits per heavy atom. The Morgan fingerprint density at radius 1 is 1.11 bits per heavy atom. The molecule has 0 saturated carbocycles. The molecular weight excluding hydrogens is 224 g/mol. The van der Waals surface area contributed by atoms with E-state index in [0.29, 0.717) is 5.91 Å². The van der Waals surface area contributed by atoms with Crippen LogP contribution in [0.5, 0.6) is 0 Å². The van der Waals surface area contributed by atoms with E-state index in [0.717, 1.165) is 51.7 Å². The van der Waals surface area contributed by atoms with Crippen LogP contribution in [0.4, 0.5) is 0 Å². The van der Waals surface area contributed by atoms with E-state index in [-0.39, 0.29) is 6.04 Å². The van der Waals surface area contributed by atoms with E-state index >= 15 is 0 Å². The van der Waals surface area contributed by atoms with Gasteiger partial charge in [-0.2, -0.15) is 0 Å². The van der Waals surface area contributed by atoms with E-state index < -0.39 is 0 Å². The van der Waals surface area contributed by atoms with Gasteiger partial charge in [0, 0.05) is 13.1 Å². The third kappa shape index (κ3) is 5.38. The highest BCUT2D eigenvalue weighted by Gasteiger charge is 2.24. The zero-order valence-electron chi connectivity index (χ0n) is 12.2. The van der Waals surface area contributed by atoms with Crippen LogP contribution in [0, 0.1) is 0 Å². The maximum Gasteiger partial charge on any atom is 0.239 e. The lowest BCUT2D eigenvalue weighted by Gasteiger charge is -2.27. The number of nitrogens with zero attached hydrogens (tertiary/aromatic N) is 1. The number of nitrogens with one attached hydrogen (secondary N) is 1. The standard InChI is InChI=1S/C15H30N2O/c1-3-5-12-17(13-6-4-2)15(18)14-10-8-7-9-11-16-14/h14,16H,3-13H2,1-2H3. The molecule has 0 aromatic carbocycles. The van der Waals surface area contributed by atoms with E-state index in [2.05, 4.69) is 24.1 Å².